The Hall–Kier alpha value is -3.00. The van der Waals surface area contributed by atoms with Crippen LogP contribution >= 0.6 is 0 Å². The van der Waals surface area contributed by atoms with Gasteiger partial charge in [-0.3, -0.25) is 0 Å². The number of fused-ring (bicyclic) bond motifs is 6. The Labute approximate surface area is 153 Å². The average molecular weight is 336 g/mol. The van der Waals surface area contributed by atoms with Crippen LogP contribution in [0.2, 0.25) is 0 Å². The molecular formula is C24H20N2. The van der Waals surface area contributed by atoms with Gasteiger partial charge in [0, 0.05) is 5.57 Å². The maximum Gasteiger partial charge on any atom is 0.0945 e. The standard InChI is InChI=1S/C18H16.C6H4N2/c1-3-7-15-13(5-1)9-11-18-16-8-4-2-6-14(16)10-12-17(15)18;1-2-5-4-7-8-6(5)3-1/h1,3,5,7,9-12H,2,4,6,8H2;1-4H. The molecular weight excluding hydrogens is 316 g/mol. The van der Waals surface area contributed by atoms with Gasteiger partial charge < -0.3 is 0 Å². The van der Waals surface area contributed by atoms with Crippen molar-refractivity contribution in [2.75, 3.05) is 0 Å². The summed E-state index contributed by atoms with van der Waals surface area (Å²) < 4.78 is 0. The van der Waals surface area contributed by atoms with E-state index in [4.69, 9.17) is 0 Å². The Morgan fingerprint density at radius 2 is 1.65 bits per heavy atom. The van der Waals surface area contributed by atoms with Gasteiger partial charge in [0.1, 0.15) is 0 Å². The lowest BCUT2D eigenvalue weighted by atomic mass is 9.86. The predicted molar refractivity (Wildman–Crippen MR) is 108 cm³/mol. The molecule has 0 unspecified atom stereocenters. The SMILES string of the molecule is C1=CC2=CN=NC2=C1.c1ccc2c(c1)ccc1c3c(ccc12)CCCC3. The van der Waals surface area contributed by atoms with Crippen molar-refractivity contribution < 1.29 is 0 Å². The van der Waals surface area contributed by atoms with Crippen LogP contribution in [-0.2, 0) is 12.8 Å². The Bertz CT molecular complexity index is 1100. The fourth-order valence-corrected chi connectivity index (χ4v) is 4.12. The van der Waals surface area contributed by atoms with Gasteiger partial charge >= 0.3 is 0 Å². The number of benzene rings is 3. The predicted octanol–water partition coefficient (Wildman–Crippen LogP) is 6.66. The van der Waals surface area contributed by atoms with E-state index in [1.54, 1.807) is 17.3 Å². The van der Waals surface area contributed by atoms with Crippen molar-refractivity contribution in [2.24, 2.45) is 10.2 Å². The molecule has 0 aromatic heterocycles. The highest BCUT2D eigenvalue weighted by molar-refractivity contribution is 6.08. The first-order valence-corrected chi connectivity index (χ1v) is 9.32. The smallest absolute Gasteiger partial charge is 0.0945 e. The zero-order valence-corrected chi connectivity index (χ0v) is 14.7. The van der Waals surface area contributed by atoms with Crippen molar-refractivity contribution in [3.63, 3.8) is 0 Å². The van der Waals surface area contributed by atoms with Crippen LogP contribution in [0, 0.1) is 0 Å². The molecule has 1 aliphatic heterocycles. The normalized spacial score (nSPS) is 16.8. The highest BCUT2D eigenvalue weighted by Crippen LogP contribution is 2.33. The Morgan fingerprint density at radius 1 is 0.769 bits per heavy atom. The Balaban J connectivity index is 0.000000156. The van der Waals surface area contributed by atoms with Crippen LogP contribution in [0.1, 0.15) is 24.0 Å². The molecule has 0 saturated heterocycles. The molecule has 0 atom stereocenters. The molecule has 0 saturated carbocycles. The van der Waals surface area contributed by atoms with Crippen molar-refractivity contribution in [2.45, 2.75) is 25.7 Å². The molecule has 0 bridgehead atoms. The van der Waals surface area contributed by atoms with E-state index in [2.05, 4.69) is 58.8 Å². The zero-order chi connectivity index (χ0) is 17.3. The number of azo groups is 1. The van der Waals surface area contributed by atoms with Gasteiger partial charge in [0.15, 0.2) is 0 Å². The molecule has 3 aromatic carbocycles. The Kier molecular flexibility index (Phi) is 3.75. The second-order valence-corrected chi connectivity index (χ2v) is 7.00. The monoisotopic (exact) mass is 336 g/mol. The van der Waals surface area contributed by atoms with E-state index in [9.17, 15) is 0 Å². The molecule has 2 aliphatic carbocycles. The first-order chi connectivity index (χ1) is 12.9. The summed E-state index contributed by atoms with van der Waals surface area (Å²) in [5.74, 6) is 0. The second-order valence-electron chi connectivity index (χ2n) is 7.00. The zero-order valence-electron chi connectivity index (χ0n) is 14.7. The highest BCUT2D eigenvalue weighted by atomic mass is 15.1. The van der Waals surface area contributed by atoms with Crippen LogP contribution in [0.5, 0.6) is 0 Å². The summed E-state index contributed by atoms with van der Waals surface area (Å²) in [7, 11) is 0. The third-order valence-corrected chi connectivity index (χ3v) is 5.45. The fraction of sp³-hybridized carbons (Fsp3) is 0.167. The van der Waals surface area contributed by atoms with Gasteiger partial charge in [-0.25, -0.2) is 0 Å². The lowest BCUT2D eigenvalue weighted by molar-refractivity contribution is 0.690. The van der Waals surface area contributed by atoms with E-state index >= 15 is 0 Å². The van der Waals surface area contributed by atoms with Crippen LogP contribution in [0.15, 0.2) is 94.5 Å². The maximum absolute atomic E-state index is 3.83. The van der Waals surface area contributed by atoms with Crippen molar-refractivity contribution in [1.82, 2.24) is 0 Å². The molecule has 0 spiro atoms. The van der Waals surface area contributed by atoms with E-state index in [1.807, 2.05) is 18.2 Å². The van der Waals surface area contributed by atoms with E-state index in [0.717, 1.165) is 11.3 Å². The molecule has 3 aromatic rings. The lowest BCUT2D eigenvalue weighted by Gasteiger charge is -2.18. The third-order valence-electron chi connectivity index (χ3n) is 5.45. The largest absolute Gasteiger partial charge is 0.158 e. The summed E-state index contributed by atoms with van der Waals surface area (Å²) in [6, 6.07) is 18.0. The number of aryl methyl sites for hydroxylation is 2. The average Bonchev–Trinajstić information content (AvgIpc) is 3.33. The molecule has 0 fully saturated rings. The van der Waals surface area contributed by atoms with Crippen LogP contribution in [-0.4, -0.2) is 0 Å². The number of nitrogens with zero attached hydrogens (tertiary/aromatic N) is 2. The van der Waals surface area contributed by atoms with E-state index in [1.165, 1.54) is 47.2 Å². The second kappa shape index (κ2) is 6.38. The molecule has 1 heterocycles. The molecule has 0 radical (unpaired) electrons. The summed E-state index contributed by atoms with van der Waals surface area (Å²) in [5, 5.41) is 13.2. The molecule has 0 amide bonds. The summed E-state index contributed by atoms with van der Waals surface area (Å²) >= 11 is 0. The van der Waals surface area contributed by atoms with Crippen LogP contribution in [0.3, 0.4) is 0 Å². The molecule has 3 aliphatic rings. The molecule has 126 valence electrons. The first-order valence-electron chi connectivity index (χ1n) is 9.32. The van der Waals surface area contributed by atoms with Crippen LogP contribution in [0.4, 0.5) is 0 Å². The quantitative estimate of drug-likeness (QED) is 0.410. The van der Waals surface area contributed by atoms with E-state index in [0.29, 0.717) is 0 Å². The number of rotatable bonds is 0. The van der Waals surface area contributed by atoms with Gasteiger partial charge in [-0.1, -0.05) is 60.7 Å². The fourth-order valence-electron chi connectivity index (χ4n) is 4.12. The molecule has 0 N–H and O–H groups in total. The van der Waals surface area contributed by atoms with Crippen molar-refractivity contribution in [1.29, 1.82) is 0 Å². The van der Waals surface area contributed by atoms with Crippen molar-refractivity contribution in [3.05, 3.63) is 95.4 Å². The van der Waals surface area contributed by atoms with Crippen LogP contribution in [0.25, 0.3) is 21.5 Å². The number of hydrogen-bond donors (Lipinski definition) is 0. The Morgan fingerprint density at radius 3 is 2.62 bits per heavy atom. The van der Waals surface area contributed by atoms with Gasteiger partial charge in [0.2, 0.25) is 0 Å². The minimum atomic E-state index is 0.991. The van der Waals surface area contributed by atoms with Crippen molar-refractivity contribution in [3.8, 4) is 0 Å². The van der Waals surface area contributed by atoms with Gasteiger partial charge in [0.05, 0.1) is 11.9 Å². The lowest BCUT2D eigenvalue weighted by Crippen LogP contribution is -2.02. The molecule has 2 nitrogen and oxygen atoms in total. The molecule has 6 rings (SSSR count). The van der Waals surface area contributed by atoms with Crippen molar-refractivity contribution >= 4 is 21.5 Å². The van der Waals surface area contributed by atoms with E-state index < -0.39 is 0 Å². The van der Waals surface area contributed by atoms with E-state index in [-0.39, 0.29) is 0 Å². The van der Waals surface area contributed by atoms with Crippen LogP contribution < -0.4 is 0 Å². The maximum atomic E-state index is 3.83. The third kappa shape index (κ3) is 2.59. The summed E-state index contributed by atoms with van der Waals surface area (Å²) in [6.07, 6.45) is 12.9. The summed E-state index contributed by atoms with van der Waals surface area (Å²) in [5.41, 5.74) is 5.29. The van der Waals surface area contributed by atoms with Gasteiger partial charge in [0.25, 0.3) is 0 Å². The minimum absolute atomic E-state index is 0.991. The number of allylic oxidation sites excluding steroid dienone is 3. The molecule has 26 heavy (non-hydrogen) atoms. The van der Waals surface area contributed by atoms with Gasteiger partial charge in [-0.2, -0.15) is 10.2 Å². The topological polar surface area (TPSA) is 24.7 Å². The summed E-state index contributed by atoms with van der Waals surface area (Å²) in [4.78, 5) is 0. The summed E-state index contributed by atoms with van der Waals surface area (Å²) in [6.45, 7) is 0. The number of hydrogen-bond acceptors (Lipinski definition) is 2. The molecule has 2 heteroatoms. The highest BCUT2D eigenvalue weighted by Gasteiger charge is 2.13. The van der Waals surface area contributed by atoms with Gasteiger partial charge in [-0.15, -0.1) is 0 Å². The minimum Gasteiger partial charge on any atom is -0.158 e. The van der Waals surface area contributed by atoms with Gasteiger partial charge in [-0.05, 0) is 64.4 Å². The first kappa shape index (κ1) is 15.3.